The van der Waals surface area contributed by atoms with Gasteiger partial charge in [0.25, 0.3) is 0 Å². The number of hydrogen-bond acceptors (Lipinski definition) is 3. The van der Waals surface area contributed by atoms with E-state index < -0.39 is 8.07 Å². The Morgan fingerprint density at radius 2 is 0.850 bits per heavy atom. The average Bonchev–Trinajstić information content (AvgIpc) is 3.32. The second kappa shape index (κ2) is 14.1. The van der Waals surface area contributed by atoms with Crippen LogP contribution in [0.1, 0.15) is 43.2 Å². The van der Waals surface area contributed by atoms with Crippen molar-refractivity contribution >= 4 is 46.0 Å². The van der Waals surface area contributed by atoms with Crippen molar-refractivity contribution in [1.82, 2.24) is 9.97 Å². The maximum Gasteiger partial charge on any atom is 0.179 e. The Labute approximate surface area is 354 Å². The van der Waals surface area contributed by atoms with Gasteiger partial charge in [-0.05, 0) is 99.8 Å². The summed E-state index contributed by atoms with van der Waals surface area (Å²) in [5.41, 5.74) is 8.57. The summed E-state index contributed by atoms with van der Waals surface area (Å²) in [6, 6.07) is 74.2. The molecule has 5 aliphatic rings. The van der Waals surface area contributed by atoms with Crippen LogP contribution in [-0.4, -0.2) is 18.0 Å². The summed E-state index contributed by atoms with van der Waals surface area (Å²) in [5.74, 6) is 4.77. The first-order chi connectivity index (χ1) is 29.7. The van der Waals surface area contributed by atoms with Crippen molar-refractivity contribution in [3.05, 3.63) is 211 Å². The van der Waals surface area contributed by atoms with Crippen LogP contribution in [0, 0.1) is 23.7 Å². The number of fused-ring (bicyclic) bond motifs is 2. The second-order valence-electron chi connectivity index (χ2n) is 17.8. The van der Waals surface area contributed by atoms with Gasteiger partial charge in [0.1, 0.15) is 5.82 Å². The van der Waals surface area contributed by atoms with E-state index >= 15 is 0 Å². The smallest absolute Gasteiger partial charge is 0.179 e. The van der Waals surface area contributed by atoms with Crippen LogP contribution in [0.5, 0.6) is 0 Å². The Morgan fingerprint density at radius 3 is 1.35 bits per heavy atom. The Bertz CT molecular complexity index is 2650. The van der Waals surface area contributed by atoms with Crippen LogP contribution in [0.15, 0.2) is 200 Å². The van der Waals surface area contributed by atoms with E-state index in [0.29, 0.717) is 11.8 Å². The lowest BCUT2D eigenvalue weighted by Crippen LogP contribution is -2.74. The molecule has 13 rings (SSSR count). The Balaban J connectivity index is 1.04. The summed E-state index contributed by atoms with van der Waals surface area (Å²) in [6.07, 6.45) is 6.85. The molecular weight excluding hydrogens is 743 g/mol. The van der Waals surface area contributed by atoms with E-state index in [1.165, 1.54) is 75.4 Å². The fraction of sp³-hybridized carbons (Fsp3) is 0.179. The monoisotopic (exact) mass is 789 g/mol. The minimum Gasteiger partial charge on any atom is -0.294 e. The van der Waals surface area contributed by atoms with Crippen LogP contribution in [0.2, 0.25) is 0 Å². The van der Waals surface area contributed by atoms with Crippen molar-refractivity contribution in [2.45, 2.75) is 37.5 Å². The predicted octanol–water partition coefficient (Wildman–Crippen LogP) is 10.7. The molecule has 4 bridgehead atoms. The standard InChI is InChI=1S/C56H47N3Si/c1-5-17-42(18-6-1)55-57-51(41-29-31-48(32-30-41)60(45-19-7-2-8-20-45,46-21-9-3-10-22-46)47-23-11-4-12-24-47)38-54(58-55)59-52-27-15-13-25-49(52)56(50-26-14-16-28-53(50)59)43-34-39-33-40(36-43)37-44(56)35-39/h1-32,38-40,43-44H,33-37H2. The van der Waals surface area contributed by atoms with Crippen molar-refractivity contribution < 1.29 is 0 Å². The summed E-state index contributed by atoms with van der Waals surface area (Å²) in [7, 11) is -2.68. The van der Waals surface area contributed by atoms with Gasteiger partial charge in [0, 0.05) is 22.6 Å². The van der Waals surface area contributed by atoms with E-state index in [-0.39, 0.29) is 5.41 Å². The molecule has 4 fully saturated rings. The second-order valence-corrected chi connectivity index (χ2v) is 21.6. The summed E-state index contributed by atoms with van der Waals surface area (Å²) < 4.78 is 0. The molecule has 3 nitrogen and oxygen atoms in total. The normalized spacial score (nSPS) is 20.8. The molecule has 1 aromatic heterocycles. The molecule has 4 saturated carbocycles. The van der Waals surface area contributed by atoms with Crippen LogP contribution in [0.4, 0.5) is 17.2 Å². The van der Waals surface area contributed by atoms with Crippen LogP contribution in [-0.2, 0) is 5.41 Å². The van der Waals surface area contributed by atoms with Crippen molar-refractivity contribution in [1.29, 1.82) is 0 Å². The van der Waals surface area contributed by atoms with Crippen molar-refractivity contribution in [3.63, 3.8) is 0 Å². The van der Waals surface area contributed by atoms with Gasteiger partial charge in [-0.25, -0.2) is 9.97 Å². The predicted molar refractivity (Wildman–Crippen MR) is 249 cm³/mol. The molecule has 7 aromatic carbocycles. The van der Waals surface area contributed by atoms with Gasteiger partial charge < -0.3 is 0 Å². The molecule has 0 radical (unpaired) electrons. The maximum atomic E-state index is 5.47. The Morgan fingerprint density at radius 1 is 0.417 bits per heavy atom. The number of aromatic nitrogens is 2. The Hall–Kier alpha value is -6.36. The van der Waals surface area contributed by atoms with Gasteiger partial charge in [-0.15, -0.1) is 0 Å². The molecular formula is C56H47N3Si. The molecule has 290 valence electrons. The number of anilines is 3. The summed E-state index contributed by atoms with van der Waals surface area (Å²) in [6.45, 7) is 0. The van der Waals surface area contributed by atoms with Crippen molar-refractivity contribution in [2.75, 3.05) is 4.90 Å². The minimum absolute atomic E-state index is 0.0394. The third-order valence-corrected chi connectivity index (χ3v) is 19.6. The molecule has 1 spiro atoms. The van der Waals surface area contributed by atoms with E-state index in [2.05, 4.69) is 205 Å². The van der Waals surface area contributed by atoms with Crippen LogP contribution >= 0.6 is 0 Å². The van der Waals surface area contributed by atoms with Gasteiger partial charge >= 0.3 is 0 Å². The number of rotatable bonds is 7. The maximum absolute atomic E-state index is 5.47. The van der Waals surface area contributed by atoms with Crippen LogP contribution in [0.25, 0.3) is 22.6 Å². The molecule has 0 atom stereocenters. The van der Waals surface area contributed by atoms with Crippen LogP contribution < -0.4 is 25.6 Å². The van der Waals surface area contributed by atoms with Gasteiger partial charge in [0.15, 0.2) is 13.9 Å². The Kier molecular flexibility index (Phi) is 8.38. The van der Waals surface area contributed by atoms with E-state index in [4.69, 9.17) is 9.97 Å². The summed E-state index contributed by atoms with van der Waals surface area (Å²) >= 11 is 0. The van der Waals surface area contributed by atoms with Gasteiger partial charge in [0.2, 0.25) is 0 Å². The van der Waals surface area contributed by atoms with E-state index in [0.717, 1.165) is 40.3 Å². The lowest BCUT2D eigenvalue weighted by atomic mass is 9.41. The van der Waals surface area contributed by atoms with Gasteiger partial charge in [-0.3, -0.25) is 4.90 Å². The fourth-order valence-electron chi connectivity index (χ4n) is 12.7. The molecule has 2 heterocycles. The lowest BCUT2D eigenvalue weighted by Gasteiger charge is -2.64. The molecule has 8 aromatic rings. The minimum atomic E-state index is -2.68. The highest BCUT2D eigenvalue weighted by molar-refractivity contribution is 7.19. The fourth-order valence-corrected chi connectivity index (χ4v) is 17.5. The largest absolute Gasteiger partial charge is 0.294 e. The highest BCUT2D eigenvalue weighted by atomic mass is 28.3. The molecule has 4 heteroatoms. The first-order valence-corrected chi connectivity index (χ1v) is 23.9. The van der Waals surface area contributed by atoms with Gasteiger partial charge in [-0.2, -0.15) is 0 Å². The summed E-state index contributed by atoms with van der Waals surface area (Å²) in [4.78, 5) is 13.3. The highest BCUT2D eigenvalue weighted by Gasteiger charge is 2.61. The highest BCUT2D eigenvalue weighted by Crippen LogP contribution is 2.69. The third kappa shape index (κ3) is 5.33. The zero-order valence-electron chi connectivity index (χ0n) is 33.7. The molecule has 4 aliphatic carbocycles. The van der Waals surface area contributed by atoms with Gasteiger partial charge in [-0.1, -0.05) is 182 Å². The quantitative estimate of drug-likeness (QED) is 0.119. The topological polar surface area (TPSA) is 29.0 Å². The number of hydrogen-bond donors (Lipinski definition) is 0. The average molecular weight is 790 g/mol. The van der Waals surface area contributed by atoms with E-state index in [9.17, 15) is 0 Å². The first-order valence-electron chi connectivity index (χ1n) is 21.9. The number of nitrogens with zero attached hydrogens (tertiary/aromatic N) is 3. The molecule has 0 saturated heterocycles. The van der Waals surface area contributed by atoms with E-state index in [1.807, 2.05) is 0 Å². The summed E-state index contributed by atoms with van der Waals surface area (Å²) in [5, 5.41) is 5.44. The van der Waals surface area contributed by atoms with Gasteiger partial charge in [0.05, 0.1) is 17.1 Å². The SMILES string of the molecule is c1ccc(-c2nc(-c3ccc([Si](c4ccccc4)(c4ccccc4)c4ccccc4)cc3)cc(N3c4ccccc4C4(c5ccccc53)C3CC5CC(C3)CC4C5)n2)cc1. The lowest BCUT2D eigenvalue weighted by molar-refractivity contribution is -0.0419. The van der Waals surface area contributed by atoms with Crippen molar-refractivity contribution in [3.8, 4) is 22.6 Å². The molecule has 0 N–H and O–H groups in total. The zero-order chi connectivity index (χ0) is 39.7. The molecule has 1 aliphatic heterocycles. The van der Waals surface area contributed by atoms with E-state index in [1.54, 1.807) is 0 Å². The third-order valence-electron chi connectivity index (χ3n) is 14.8. The zero-order valence-corrected chi connectivity index (χ0v) is 34.7. The number of benzene rings is 7. The molecule has 60 heavy (non-hydrogen) atoms. The molecule has 0 amide bonds. The van der Waals surface area contributed by atoms with Crippen molar-refractivity contribution in [2.24, 2.45) is 23.7 Å². The molecule has 0 unspecified atom stereocenters. The van der Waals surface area contributed by atoms with Crippen LogP contribution in [0.3, 0.4) is 0 Å². The first kappa shape index (κ1) is 35.6. The number of para-hydroxylation sites is 2.